The van der Waals surface area contributed by atoms with Crippen molar-refractivity contribution in [2.24, 2.45) is 11.8 Å². The summed E-state index contributed by atoms with van der Waals surface area (Å²) in [7, 11) is 0. The molecular weight excluding hydrogens is 336 g/mol. The third kappa shape index (κ3) is 5.42. The number of aromatic nitrogens is 2. The standard InChI is InChI=1S/C22H32N4O/c1-3-17(2)21(23-16-20-9-12-24-25-20)22(27)26-13-10-19(11-14-26)15-18-7-5-4-6-8-18/h4-9,12,17,19,21,23H,3,10-11,13-16H2,1-2H3,(H,24,25). The number of amides is 1. The summed E-state index contributed by atoms with van der Waals surface area (Å²) in [6, 6.07) is 12.5. The van der Waals surface area contributed by atoms with Crippen molar-refractivity contribution in [2.45, 2.75) is 52.1 Å². The Kier molecular flexibility index (Phi) is 7.04. The van der Waals surface area contributed by atoms with E-state index >= 15 is 0 Å². The van der Waals surface area contributed by atoms with Crippen molar-refractivity contribution in [3.63, 3.8) is 0 Å². The number of nitrogens with one attached hydrogen (secondary N) is 2. The molecule has 0 bridgehead atoms. The lowest BCUT2D eigenvalue weighted by atomic mass is 9.89. The highest BCUT2D eigenvalue weighted by atomic mass is 16.2. The lowest BCUT2D eigenvalue weighted by molar-refractivity contribution is -0.136. The third-order valence-corrected chi connectivity index (χ3v) is 5.84. The van der Waals surface area contributed by atoms with Gasteiger partial charge in [0.05, 0.1) is 6.04 Å². The third-order valence-electron chi connectivity index (χ3n) is 5.84. The predicted molar refractivity (Wildman–Crippen MR) is 108 cm³/mol. The van der Waals surface area contributed by atoms with E-state index in [2.05, 4.69) is 64.6 Å². The normalized spacial score (nSPS) is 17.6. The topological polar surface area (TPSA) is 61.0 Å². The molecule has 146 valence electrons. The number of hydrogen-bond acceptors (Lipinski definition) is 3. The first-order valence-corrected chi connectivity index (χ1v) is 10.2. The lowest BCUT2D eigenvalue weighted by Gasteiger charge is -2.36. The summed E-state index contributed by atoms with van der Waals surface area (Å²) in [6.45, 7) is 6.69. The Morgan fingerprint density at radius 2 is 2.00 bits per heavy atom. The van der Waals surface area contributed by atoms with Crippen LogP contribution in [0.4, 0.5) is 0 Å². The van der Waals surface area contributed by atoms with Crippen LogP contribution in [0, 0.1) is 11.8 Å². The van der Waals surface area contributed by atoms with Gasteiger partial charge in [-0.05, 0) is 42.7 Å². The fourth-order valence-electron chi connectivity index (χ4n) is 3.87. The van der Waals surface area contributed by atoms with E-state index in [1.165, 1.54) is 5.56 Å². The van der Waals surface area contributed by atoms with Gasteiger partial charge in [0, 0.05) is 31.5 Å². The van der Waals surface area contributed by atoms with Gasteiger partial charge in [-0.25, -0.2) is 0 Å². The minimum Gasteiger partial charge on any atom is -0.341 e. The quantitative estimate of drug-likeness (QED) is 0.751. The maximum Gasteiger partial charge on any atom is 0.239 e. The Hall–Kier alpha value is -2.14. The van der Waals surface area contributed by atoms with E-state index in [9.17, 15) is 4.79 Å². The number of likely N-dealkylation sites (tertiary alicyclic amines) is 1. The molecule has 27 heavy (non-hydrogen) atoms. The van der Waals surface area contributed by atoms with Crippen LogP contribution < -0.4 is 5.32 Å². The Labute approximate surface area is 162 Å². The summed E-state index contributed by atoms with van der Waals surface area (Å²) in [5, 5.41) is 10.4. The first-order valence-electron chi connectivity index (χ1n) is 10.2. The molecule has 1 amide bonds. The monoisotopic (exact) mass is 368 g/mol. The summed E-state index contributed by atoms with van der Waals surface area (Å²) < 4.78 is 0. The molecule has 2 heterocycles. The second kappa shape index (κ2) is 9.70. The van der Waals surface area contributed by atoms with Gasteiger partial charge < -0.3 is 4.90 Å². The van der Waals surface area contributed by atoms with Crippen LogP contribution in [-0.4, -0.2) is 40.1 Å². The molecule has 5 nitrogen and oxygen atoms in total. The zero-order valence-electron chi connectivity index (χ0n) is 16.5. The maximum atomic E-state index is 13.2. The number of H-pyrrole nitrogens is 1. The number of nitrogens with zero attached hydrogens (tertiary/aromatic N) is 2. The number of carbonyl (C=O) groups is 1. The van der Waals surface area contributed by atoms with Gasteiger partial charge >= 0.3 is 0 Å². The van der Waals surface area contributed by atoms with Gasteiger partial charge in [0.2, 0.25) is 5.91 Å². The number of piperidine rings is 1. The van der Waals surface area contributed by atoms with Crippen molar-refractivity contribution in [1.82, 2.24) is 20.4 Å². The SMILES string of the molecule is CCC(C)C(NCc1ccn[nH]1)C(=O)N1CCC(Cc2ccccc2)CC1. The summed E-state index contributed by atoms with van der Waals surface area (Å²) in [4.78, 5) is 15.2. The molecule has 0 aliphatic carbocycles. The van der Waals surface area contributed by atoms with Gasteiger partial charge in [-0.1, -0.05) is 50.6 Å². The molecule has 2 atom stereocenters. The minimum absolute atomic E-state index is 0.135. The molecule has 0 spiro atoms. The Morgan fingerprint density at radius 1 is 1.26 bits per heavy atom. The van der Waals surface area contributed by atoms with Gasteiger partial charge in [0.1, 0.15) is 0 Å². The van der Waals surface area contributed by atoms with Gasteiger partial charge in [0.15, 0.2) is 0 Å². The molecular formula is C22H32N4O. The number of aromatic amines is 1. The molecule has 2 N–H and O–H groups in total. The first kappa shape index (κ1) is 19.6. The Balaban J connectivity index is 1.53. The van der Waals surface area contributed by atoms with Crippen molar-refractivity contribution < 1.29 is 4.79 Å². The Morgan fingerprint density at radius 3 is 2.63 bits per heavy atom. The molecule has 1 fully saturated rings. The van der Waals surface area contributed by atoms with Gasteiger partial charge in [-0.3, -0.25) is 15.2 Å². The van der Waals surface area contributed by atoms with Gasteiger partial charge in [-0.2, -0.15) is 5.10 Å². The number of carbonyl (C=O) groups excluding carboxylic acids is 1. The van der Waals surface area contributed by atoms with Crippen molar-refractivity contribution in [2.75, 3.05) is 13.1 Å². The molecule has 1 aliphatic rings. The summed E-state index contributed by atoms with van der Waals surface area (Å²) in [5.41, 5.74) is 2.42. The molecule has 2 unspecified atom stereocenters. The van der Waals surface area contributed by atoms with Crippen molar-refractivity contribution in [3.05, 3.63) is 53.9 Å². The van der Waals surface area contributed by atoms with Crippen LogP contribution in [0.15, 0.2) is 42.6 Å². The van der Waals surface area contributed by atoms with Crippen LogP contribution in [-0.2, 0) is 17.8 Å². The van der Waals surface area contributed by atoms with Crippen LogP contribution in [0.3, 0.4) is 0 Å². The predicted octanol–water partition coefficient (Wildman–Crippen LogP) is 3.40. The van der Waals surface area contributed by atoms with Crippen LogP contribution in [0.2, 0.25) is 0 Å². The fourth-order valence-corrected chi connectivity index (χ4v) is 3.87. The number of benzene rings is 1. The zero-order valence-corrected chi connectivity index (χ0v) is 16.5. The minimum atomic E-state index is -0.135. The highest BCUT2D eigenvalue weighted by molar-refractivity contribution is 5.82. The zero-order chi connectivity index (χ0) is 19.1. The second-order valence-electron chi connectivity index (χ2n) is 7.78. The second-order valence-corrected chi connectivity index (χ2v) is 7.78. The van der Waals surface area contributed by atoms with E-state index in [1.807, 2.05) is 6.07 Å². The molecule has 2 aromatic rings. The van der Waals surface area contributed by atoms with Gasteiger partial charge in [-0.15, -0.1) is 0 Å². The summed E-state index contributed by atoms with van der Waals surface area (Å²) in [6.07, 6.45) is 6.03. The van der Waals surface area contributed by atoms with Gasteiger partial charge in [0.25, 0.3) is 0 Å². The smallest absolute Gasteiger partial charge is 0.239 e. The average molecular weight is 369 g/mol. The lowest BCUT2D eigenvalue weighted by Crippen LogP contribution is -2.51. The highest BCUT2D eigenvalue weighted by Crippen LogP contribution is 2.23. The van der Waals surface area contributed by atoms with E-state index in [0.717, 1.165) is 44.5 Å². The van der Waals surface area contributed by atoms with E-state index in [-0.39, 0.29) is 11.9 Å². The molecule has 1 saturated heterocycles. The van der Waals surface area contributed by atoms with Crippen LogP contribution in [0.5, 0.6) is 0 Å². The first-order chi connectivity index (χ1) is 13.2. The average Bonchev–Trinajstić information content (AvgIpc) is 3.22. The van der Waals surface area contributed by atoms with Crippen molar-refractivity contribution in [1.29, 1.82) is 0 Å². The molecule has 3 rings (SSSR count). The highest BCUT2D eigenvalue weighted by Gasteiger charge is 2.30. The molecule has 5 heteroatoms. The maximum absolute atomic E-state index is 13.2. The van der Waals surface area contributed by atoms with Crippen LogP contribution >= 0.6 is 0 Å². The van der Waals surface area contributed by atoms with Crippen LogP contribution in [0.1, 0.15) is 44.4 Å². The molecule has 1 aliphatic heterocycles. The number of rotatable bonds is 8. The van der Waals surface area contributed by atoms with Crippen molar-refractivity contribution in [3.8, 4) is 0 Å². The summed E-state index contributed by atoms with van der Waals surface area (Å²) in [5.74, 6) is 1.24. The van der Waals surface area contributed by atoms with E-state index < -0.39 is 0 Å². The van der Waals surface area contributed by atoms with Crippen molar-refractivity contribution >= 4 is 5.91 Å². The van der Waals surface area contributed by atoms with Crippen LogP contribution in [0.25, 0.3) is 0 Å². The molecule has 0 radical (unpaired) electrons. The van der Waals surface area contributed by atoms with E-state index in [0.29, 0.717) is 18.4 Å². The summed E-state index contributed by atoms with van der Waals surface area (Å²) >= 11 is 0. The Bertz CT molecular complexity index is 678. The fraction of sp³-hybridized carbons (Fsp3) is 0.545. The molecule has 0 saturated carbocycles. The van der Waals surface area contributed by atoms with E-state index in [4.69, 9.17) is 0 Å². The number of hydrogen-bond donors (Lipinski definition) is 2. The molecule has 1 aromatic carbocycles. The van der Waals surface area contributed by atoms with E-state index in [1.54, 1.807) is 6.20 Å². The largest absolute Gasteiger partial charge is 0.341 e. The molecule has 1 aromatic heterocycles.